The number of primary amides is 1. The summed E-state index contributed by atoms with van der Waals surface area (Å²) in [6.07, 6.45) is 22.0. The zero-order valence-corrected chi connectivity index (χ0v) is 72.3. The minimum absolute atomic E-state index is 0.0152. The number of carboxylic acids is 1. The molecule has 6 aromatic carbocycles. The van der Waals surface area contributed by atoms with E-state index in [2.05, 4.69) is 72.1 Å². The lowest BCUT2D eigenvalue weighted by Crippen LogP contribution is -2.42. The summed E-state index contributed by atoms with van der Waals surface area (Å²) in [5.41, 5.74) is 11.7. The molecule has 35 heteroatoms. The van der Waals surface area contributed by atoms with Crippen LogP contribution in [0.2, 0.25) is 0 Å². The van der Waals surface area contributed by atoms with Gasteiger partial charge in [-0.15, -0.1) is 56.7 Å². The molecule has 17 rings (SSSR count). The molecule has 0 spiro atoms. The van der Waals surface area contributed by atoms with E-state index in [0.29, 0.717) is 83.0 Å². The number of benzene rings is 6. The van der Waals surface area contributed by atoms with Gasteiger partial charge in [0, 0.05) is 108 Å². The number of aryl methyl sites for hydroxylation is 1. The smallest absolute Gasteiger partial charge is 0.338 e. The fourth-order valence-corrected chi connectivity index (χ4v) is 15.8. The van der Waals surface area contributed by atoms with Crippen LogP contribution in [0.3, 0.4) is 0 Å². The second kappa shape index (κ2) is 42.9. The molecule has 0 saturated heterocycles. The molecule has 0 bridgehead atoms. The van der Waals surface area contributed by atoms with Crippen molar-refractivity contribution in [3.8, 4) is 0 Å². The number of carbonyl (C=O) groups excluding carboxylic acids is 5. The highest BCUT2D eigenvalue weighted by Gasteiger charge is 2.25. The molecule has 0 radical (unpaired) electrons. The Hall–Kier alpha value is -14.6. The van der Waals surface area contributed by atoms with Crippen molar-refractivity contribution >= 4 is 207 Å². The Morgan fingerprint density at radius 1 is 0.438 bits per heavy atom. The van der Waals surface area contributed by atoms with Crippen LogP contribution in [0.25, 0.3) is 115 Å². The van der Waals surface area contributed by atoms with Gasteiger partial charge in [0.1, 0.15) is 35.1 Å². The van der Waals surface area contributed by atoms with Crippen LogP contribution in [0.4, 0.5) is 22.0 Å². The summed E-state index contributed by atoms with van der Waals surface area (Å²) < 4.78 is 72.8. The van der Waals surface area contributed by atoms with E-state index in [9.17, 15) is 60.9 Å². The zero-order chi connectivity index (χ0) is 90.5. The number of rotatable bonds is 25. The number of carbonyl (C=O) groups is 6. The van der Waals surface area contributed by atoms with Gasteiger partial charge < -0.3 is 42.3 Å². The number of halogens is 5. The number of H-pyrrole nitrogens is 4. The maximum atomic E-state index is 14.6. The standard InChI is InChI=1S/C22H18FN3O2S.C20H15FN4OS.C19H20FN3O2S.C17H15FN4O2S.C15H11FN2O2S/c23-18-12-20-17(19(25-26-20)9-8-15-7-4-10-29-15)11-16(18)22(28)24-21(13-27)14-5-2-1-3-6-14;21-17-10-19-16(18(24-25-19)6-5-14-4-2-8-27-14)9-15(17)20(26)23-12-13-3-1-7-22-11-13;1-11(2)18(10-24)21-19(25)13-8-14-16(6-5-12-4-3-7-26-12)22-23-17(14)9-15(13)20;1-9(16(19)23)20-17(24)11-7-12-14(5-4-10-3-2-6-25-10)21-22-15(12)8-13(11)18;1-18-14-8-12(16)10(15(19)20)7-11(14)13(17-18)5-4-9-3-2-6-21-9/h1-12,21,27H,13H2,(H,24,28)(H,25,26);1-11H,12H2,(H,23,26)(H,24,25);3-9,11,18,24H,10H2,1-2H3,(H,21,25)(H,22,23);2-9H,1H3,(H2,19,23)(H,20,24)(H,21,22);2-8H,1H3,(H,19,20)/b9-8+;2*6-5+;2*5-4+/t21-;;18-;9-;/m1.10./s1. The SMILES string of the molecule is CC(C)[C@@H](CO)NC(=O)c1cc2c(/C=C/c3cccs3)n[nH]c2cc1F.C[C@H](NC(=O)c1cc2c(/C=C/c3cccs3)n[nH]c2cc1F)C(N)=O.Cn1nc(/C=C/c2cccs2)c2cc(C(=O)O)c(F)cc21.O=C(NCc1cccnc1)c1cc2c(/C=C/c3cccs3)n[nH]c2cc1F.O=C(N[C@H](CO)c1ccccc1)c1cc2c(/C=C/c3cccs3)n[nH]c2cc1F. The Morgan fingerprint density at radius 3 is 1.16 bits per heavy atom. The number of thiophene rings is 5. The number of hydrogen-bond donors (Lipinski definition) is 12. The number of aromatic nitrogens is 11. The summed E-state index contributed by atoms with van der Waals surface area (Å²) in [6.45, 7) is 4.98. The third-order valence-electron chi connectivity index (χ3n) is 19.6. The molecule has 5 amide bonds. The number of hydrogen-bond acceptors (Lipinski definition) is 19. The van der Waals surface area contributed by atoms with E-state index in [0.717, 1.165) is 35.5 Å². The number of aromatic amines is 4. The predicted octanol–water partition coefficient (Wildman–Crippen LogP) is 18.5. The molecule has 17 aromatic rings. The average Bonchev–Trinajstić information content (AvgIpc) is 1.63. The minimum atomic E-state index is -1.29. The molecule has 0 aliphatic rings. The van der Waals surface area contributed by atoms with E-state index in [1.165, 1.54) is 72.3 Å². The number of fused-ring (bicyclic) bond motifs is 5. The first kappa shape index (κ1) is 91.1. The highest BCUT2D eigenvalue weighted by atomic mass is 32.1. The summed E-state index contributed by atoms with van der Waals surface area (Å²) in [5.74, 6) is -7.63. The lowest BCUT2D eigenvalue weighted by atomic mass is 10.0. The highest BCUT2D eigenvalue weighted by molar-refractivity contribution is 7.12. The molecule has 0 aliphatic heterocycles. The number of pyridine rings is 1. The topological polar surface area (TPSA) is 383 Å². The number of aliphatic hydroxyl groups is 2. The van der Waals surface area contributed by atoms with Crippen molar-refractivity contribution in [2.75, 3.05) is 13.2 Å². The largest absolute Gasteiger partial charge is 0.478 e. The molecule has 3 atom stereocenters. The molecule has 0 fully saturated rings. The fraction of sp³-hybridized carbons (Fsp3) is 0.118. The van der Waals surface area contributed by atoms with Crippen LogP contribution in [0.15, 0.2) is 203 Å². The summed E-state index contributed by atoms with van der Waals surface area (Å²) >= 11 is 7.97. The van der Waals surface area contributed by atoms with Crippen molar-refractivity contribution in [2.24, 2.45) is 18.7 Å². The molecule has 25 nitrogen and oxygen atoms in total. The molecular weight excluding hydrogens is 1740 g/mol. The Morgan fingerprint density at radius 2 is 0.812 bits per heavy atom. The Kier molecular flexibility index (Phi) is 30.5. The summed E-state index contributed by atoms with van der Waals surface area (Å²) in [6, 6.07) is 43.8. The van der Waals surface area contributed by atoms with Crippen LogP contribution in [0, 0.1) is 35.0 Å². The van der Waals surface area contributed by atoms with Gasteiger partial charge >= 0.3 is 5.97 Å². The second-order valence-corrected chi connectivity index (χ2v) is 33.5. The normalized spacial score (nSPS) is 12.2. The second-order valence-electron chi connectivity index (χ2n) is 28.6. The van der Waals surface area contributed by atoms with Gasteiger partial charge in [0.25, 0.3) is 23.6 Å². The fourth-order valence-electron chi connectivity index (χ4n) is 12.7. The van der Waals surface area contributed by atoms with Crippen LogP contribution in [0.1, 0.15) is 143 Å². The molecule has 11 aromatic heterocycles. The molecular formula is C93H79F5N16O9S5. The van der Waals surface area contributed by atoms with Crippen molar-refractivity contribution in [2.45, 2.75) is 45.4 Å². The number of carboxylic acid groups (broad SMARTS) is 1. The van der Waals surface area contributed by atoms with Crippen molar-refractivity contribution in [1.29, 1.82) is 0 Å². The van der Waals surface area contributed by atoms with Gasteiger partial charge in [-0.05, 0) is 178 Å². The van der Waals surface area contributed by atoms with Crippen LogP contribution in [-0.4, -0.2) is 132 Å². The van der Waals surface area contributed by atoms with E-state index in [-0.39, 0.29) is 53.5 Å². The molecule has 0 unspecified atom stereocenters. The number of nitrogens with zero attached hydrogens (tertiary/aromatic N) is 7. The monoisotopic (exact) mass is 1820 g/mol. The van der Waals surface area contributed by atoms with Crippen molar-refractivity contribution in [3.05, 3.63) is 324 Å². The van der Waals surface area contributed by atoms with Gasteiger partial charge in [0.2, 0.25) is 5.91 Å². The molecule has 0 aliphatic carbocycles. The van der Waals surface area contributed by atoms with Gasteiger partial charge in [-0.2, -0.15) is 25.5 Å². The Labute approximate surface area is 746 Å². The molecule has 0 saturated carbocycles. The Bertz CT molecular complexity index is 6910. The van der Waals surface area contributed by atoms with Gasteiger partial charge in [0.05, 0.1) is 109 Å². The van der Waals surface area contributed by atoms with Crippen LogP contribution in [0.5, 0.6) is 0 Å². The first-order valence-electron chi connectivity index (χ1n) is 39.2. The third kappa shape index (κ3) is 23.1. The average molecular weight is 1820 g/mol. The molecule has 650 valence electrons. The van der Waals surface area contributed by atoms with E-state index in [1.54, 1.807) is 106 Å². The van der Waals surface area contributed by atoms with Gasteiger partial charge in [-0.3, -0.25) is 54.0 Å². The first-order chi connectivity index (χ1) is 61.9. The van der Waals surface area contributed by atoms with Crippen LogP contribution >= 0.6 is 56.7 Å². The van der Waals surface area contributed by atoms with E-state index >= 15 is 0 Å². The zero-order valence-electron chi connectivity index (χ0n) is 68.3. The number of nitrogens with one attached hydrogen (secondary N) is 8. The third-order valence-corrected chi connectivity index (χ3v) is 23.8. The number of amides is 5. The molecule has 11 heterocycles. The number of aliphatic hydroxyl groups excluding tert-OH is 2. The predicted molar refractivity (Wildman–Crippen MR) is 497 cm³/mol. The van der Waals surface area contributed by atoms with E-state index < -0.39 is 82.7 Å². The van der Waals surface area contributed by atoms with Crippen molar-refractivity contribution < 1.29 is 66.0 Å². The lowest BCUT2D eigenvalue weighted by molar-refractivity contribution is -0.119. The number of nitrogens with two attached hydrogens (primary N) is 1. The van der Waals surface area contributed by atoms with Crippen LogP contribution in [-0.2, 0) is 18.4 Å². The van der Waals surface area contributed by atoms with Gasteiger partial charge in [-0.1, -0.05) is 80.6 Å². The summed E-state index contributed by atoms with van der Waals surface area (Å²) in [4.78, 5) is 81.3. The molecule has 13 N–H and O–H groups in total. The molecule has 128 heavy (non-hydrogen) atoms. The van der Waals surface area contributed by atoms with Gasteiger partial charge in [0.15, 0.2) is 0 Å². The van der Waals surface area contributed by atoms with E-state index in [1.807, 2.05) is 174 Å². The maximum absolute atomic E-state index is 14.6. The first-order valence-corrected chi connectivity index (χ1v) is 43.6. The summed E-state index contributed by atoms with van der Waals surface area (Å²) in [5, 5.41) is 83.8. The van der Waals surface area contributed by atoms with Gasteiger partial charge in [-0.25, -0.2) is 26.7 Å². The summed E-state index contributed by atoms with van der Waals surface area (Å²) in [7, 11) is 1.70. The highest BCUT2D eigenvalue weighted by Crippen LogP contribution is 2.31. The minimum Gasteiger partial charge on any atom is -0.478 e. The van der Waals surface area contributed by atoms with Crippen LogP contribution < -0.4 is 27.0 Å². The number of aromatic carboxylic acids is 1. The van der Waals surface area contributed by atoms with E-state index in [4.69, 9.17) is 10.8 Å². The maximum Gasteiger partial charge on any atom is 0.338 e. The van der Waals surface area contributed by atoms with Crippen molar-refractivity contribution in [3.63, 3.8) is 0 Å². The quantitative estimate of drug-likeness (QED) is 0.0237. The Balaban J connectivity index is 0.000000137. The lowest BCUT2D eigenvalue weighted by Gasteiger charge is -2.20. The van der Waals surface area contributed by atoms with Crippen molar-refractivity contribution in [1.82, 2.24) is 76.8 Å².